The summed E-state index contributed by atoms with van der Waals surface area (Å²) in [6.07, 6.45) is 5.19. The maximum atomic E-state index is 10.6. The van der Waals surface area contributed by atoms with Crippen LogP contribution in [-0.4, -0.2) is 29.1 Å². The van der Waals surface area contributed by atoms with E-state index < -0.39 is 5.97 Å². The number of nitrogens with zero attached hydrogens (tertiary/aromatic N) is 1. The second-order valence-electron chi connectivity index (χ2n) is 3.37. The number of terminal acetylenes is 1. The third-order valence-electron chi connectivity index (χ3n) is 1.97. The minimum atomic E-state index is -0.870. The van der Waals surface area contributed by atoms with Crippen molar-refractivity contribution in [3.8, 4) is 12.3 Å². The van der Waals surface area contributed by atoms with Crippen LogP contribution in [0.1, 0.15) is 5.56 Å². The molecule has 0 saturated heterocycles. The quantitative estimate of drug-likeness (QED) is 0.839. The highest BCUT2D eigenvalue weighted by atomic mass is 79.9. The van der Waals surface area contributed by atoms with Crippen LogP contribution in [-0.2, 0) is 11.3 Å². The van der Waals surface area contributed by atoms with Crippen molar-refractivity contribution >= 4 is 21.9 Å². The van der Waals surface area contributed by atoms with Crippen LogP contribution >= 0.6 is 15.9 Å². The summed E-state index contributed by atoms with van der Waals surface area (Å²) in [6.45, 7) is 0.825. The van der Waals surface area contributed by atoms with Crippen molar-refractivity contribution in [3.63, 3.8) is 0 Å². The van der Waals surface area contributed by atoms with Gasteiger partial charge in [0.15, 0.2) is 0 Å². The molecular weight excluding hydrogens is 270 g/mol. The van der Waals surface area contributed by atoms with Gasteiger partial charge in [-0.2, -0.15) is 0 Å². The standard InChI is InChI=1S/C12H12BrNO2/c1-2-6-14(9-12(15)16)8-10-4-3-5-11(13)7-10/h1,3-5,7H,6,8-9H2,(H,15,16). The monoisotopic (exact) mass is 281 g/mol. The van der Waals surface area contributed by atoms with E-state index in [1.54, 1.807) is 4.90 Å². The molecule has 3 nitrogen and oxygen atoms in total. The van der Waals surface area contributed by atoms with E-state index in [0.29, 0.717) is 13.1 Å². The molecule has 4 heteroatoms. The molecular formula is C12H12BrNO2. The summed E-state index contributed by atoms with van der Waals surface area (Å²) in [4.78, 5) is 12.3. The Kier molecular flexibility index (Phi) is 5.03. The second kappa shape index (κ2) is 6.31. The van der Waals surface area contributed by atoms with Gasteiger partial charge in [-0.15, -0.1) is 6.42 Å². The highest BCUT2D eigenvalue weighted by molar-refractivity contribution is 9.10. The highest BCUT2D eigenvalue weighted by Gasteiger charge is 2.08. The van der Waals surface area contributed by atoms with E-state index in [2.05, 4.69) is 21.9 Å². The van der Waals surface area contributed by atoms with Crippen molar-refractivity contribution in [3.05, 3.63) is 34.3 Å². The van der Waals surface area contributed by atoms with Crippen molar-refractivity contribution in [2.75, 3.05) is 13.1 Å². The first-order valence-corrected chi connectivity index (χ1v) is 5.53. The topological polar surface area (TPSA) is 40.5 Å². The number of carboxylic acid groups (broad SMARTS) is 1. The Bertz CT molecular complexity index is 412. The minimum Gasteiger partial charge on any atom is -0.480 e. The Balaban J connectivity index is 2.68. The summed E-state index contributed by atoms with van der Waals surface area (Å²) in [7, 11) is 0. The van der Waals surface area contributed by atoms with Crippen LogP contribution < -0.4 is 0 Å². The molecule has 1 rings (SSSR count). The minimum absolute atomic E-state index is 0.0449. The lowest BCUT2D eigenvalue weighted by Gasteiger charge is -2.17. The largest absolute Gasteiger partial charge is 0.480 e. The van der Waals surface area contributed by atoms with E-state index in [-0.39, 0.29) is 6.54 Å². The van der Waals surface area contributed by atoms with Gasteiger partial charge in [0.2, 0.25) is 0 Å². The second-order valence-corrected chi connectivity index (χ2v) is 4.29. The summed E-state index contributed by atoms with van der Waals surface area (Å²) in [6, 6.07) is 7.72. The third kappa shape index (κ3) is 4.47. The predicted molar refractivity (Wildman–Crippen MR) is 65.9 cm³/mol. The van der Waals surface area contributed by atoms with Gasteiger partial charge in [0, 0.05) is 11.0 Å². The molecule has 0 unspecified atom stereocenters. The van der Waals surface area contributed by atoms with E-state index in [4.69, 9.17) is 11.5 Å². The zero-order valence-corrected chi connectivity index (χ0v) is 10.3. The number of aliphatic carboxylic acids is 1. The summed E-state index contributed by atoms with van der Waals surface area (Å²) < 4.78 is 0.973. The number of halogens is 1. The lowest BCUT2D eigenvalue weighted by atomic mass is 10.2. The molecule has 0 bridgehead atoms. The highest BCUT2D eigenvalue weighted by Crippen LogP contribution is 2.13. The van der Waals surface area contributed by atoms with Crippen LogP contribution in [0.2, 0.25) is 0 Å². The first kappa shape index (κ1) is 12.8. The maximum Gasteiger partial charge on any atom is 0.317 e. The van der Waals surface area contributed by atoms with E-state index in [9.17, 15) is 4.79 Å². The first-order valence-electron chi connectivity index (χ1n) is 4.74. The fraction of sp³-hybridized carbons (Fsp3) is 0.250. The number of hydrogen-bond donors (Lipinski definition) is 1. The molecule has 0 saturated carbocycles. The number of carbonyl (C=O) groups is 1. The van der Waals surface area contributed by atoms with E-state index >= 15 is 0 Å². The molecule has 0 aromatic heterocycles. The van der Waals surface area contributed by atoms with Crippen LogP contribution in [0, 0.1) is 12.3 Å². The van der Waals surface area contributed by atoms with Gasteiger partial charge in [0.25, 0.3) is 0 Å². The fourth-order valence-electron chi connectivity index (χ4n) is 1.38. The number of rotatable bonds is 5. The van der Waals surface area contributed by atoms with Crippen LogP contribution in [0.4, 0.5) is 0 Å². The number of benzene rings is 1. The molecule has 16 heavy (non-hydrogen) atoms. The summed E-state index contributed by atoms with van der Waals surface area (Å²) >= 11 is 3.37. The van der Waals surface area contributed by atoms with Gasteiger partial charge >= 0.3 is 5.97 Å². The molecule has 0 radical (unpaired) electrons. The van der Waals surface area contributed by atoms with Crippen molar-refractivity contribution in [1.29, 1.82) is 0 Å². The SMILES string of the molecule is C#CCN(CC(=O)O)Cc1cccc(Br)c1. The first-order chi connectivity index (χ1) is 7.61. The van der Waals surface area contributed by atoms with Gasteiger partial charge in [-0.25, -0.2) is 0 Å². The zero-order chi connectivity index (χ0) is 12.0. The molecule has 1 aromatic carbocycles. The average Bonchev–Trinajstić information content (AvgIpc) is 2.16. The lowest BCUT2D eigenvalue weighted by molar-refractivity contribution is -0.138. The van der Waals surface area contributed by atoms with Crippen LogP contribution in [0.3, 0.4) is 0 Å². The molecule has 0 aliphatic rings. The Morgan fingerprint density at radius 3 is 2.88 bits per heavy atom. The molecule has 0 atom stereocenters. The predicted octanol–water partition coefficient (Wildman–Crippen LogP) is 1.97. The smallest absolute Gasteiger partial charge is 0.317 e. The summed E-state index contributed by atoms with van der Waals surface area (Å²) in [5, 5.41) is 8.72. The number of carboxylic acids is 1. The average molecular weight is 282 g/mol. The molecule has 0 aliphatic heterocycles. The molecule has 0 spiro atoms. The summed E-state index contributed by atoms with van der Waals surface area (Å²) in [5.74, 6) is 1.59. The van der Waals surface area contributed by atoms with Crippen LogP contribution in [0.5, 0.6) is 0 Å². The van der Waals surface area contributed by atoms with Gasteiger partial charge in [0.05, 0.1) is 13.1 Å². The van der Waals surface area contributed by atoms with Crippen molar-refractivity contribution in [2.45, 2.75) is 6.54 Å². The van der Waals surface area contributed by atoms with E-state index in [1.807, 2.05) is 24.3 Å². The van der Waals surface area contributed by atoms with Gasteiger partial charge in [-0.1, -0.05) is 34.0 Å². The van der Waals surface area contributed by atoms with Crippen molar-refractivity contribution < 1.29 is 9.90 Å². The van der Waals surface area contributed by atoms with Gasteiger partial charge in [0.1, 0.15) is 0 Å². The summed E-state index contributed by atoms with van der Waals surface area (Å²) in [5.41, 5.74) is 1.03. The Morgan fingerprint density at radius 2 is 2.31 bits per heavy atom. The van der Waals surface area contributed by atoms with Crippen molar-refractivity contribution in [2.24, 2.45) is 0 Å². The van der Waals surface area contributed by atoms with Crippen LogP contribution in [0.15, 0.2) is 28.7 Å². The number of hydrogen-bond acceptors (Lipinski definition) is 2. The van der Waals surface area contributed by atoms with Gasteiger partial charge < -0.3 is 5.11 Å². The van der Waals surface area contributed by atoms with Crippen molar-refractivity contribution in [1.82, 2.24) is 4.90 Å². The molecule has 1 N–H and O–H groups in total. The maximum absolute atomic E-state index is 10.6. The Morgan fingerprint density at radius 1 is 1.56 bits per heavy atom. The normalized spacial score (nSPS) is 10.1. The van der Waals surface area contributed by atoms with Gasteiger partial charge in [-0.3, -0.25) is 9.69 Å². The fourth-order valence-corrected chi connectivity index (χ4v) is 1.83. The van der Waals surface area contributed by atoms with E-state index in [0.717, 1.165) is 10.0 Å². The molecule has 0 aliphatic carbocycles. The molecule has 1 aromatic rings. The molecule has 0 fully saturated rings. The van der Waals surface area contributed by atoms with E-state index in [1.165, 1.54) is 0 Å². The van der Waals surface area contributed by atoms with Gasteiger partial charge in [-0.05, 0) is 17.7 Å². The van der Waals surface area contributed by atoms with Crippen LogP contribution in [0.25, 0.3) is 0 Å². The third-order valence-corrected chi connectivity index (χ3v) is 2.46. The Labute approximate surface area is 103 Å². The Hall–Kier alpha value is -1.31. The lowest BCUT2D eigenvalue weighted by Crippen LogP contribution is -2.29. The molecule has 0 amide bonds. The molecule has 84 valence electrons. The molecule has 0 heterocycles. The zero-order valence-electron chi connectivity index (χ0n) is 8.69.